The van der Waals surface area contributed by atoms with Crippen molar-refractivity contribution in [1.82, 2.24) is 14.5 Å². The number of carbonyl (C=O) groups excluding carboxylic acids is 2. The smallest absolute Gasteiger partial charge is 0.340 e. The number of H-pyrrole nitrogens is 1. The number of ether oxygens (including phenoxy) is 1. The second-order valence-electron chi connectivity index (χ2n) is 6.54. The van der Waals surface area contributed by atoms with Crippen LogP contribution in [-0.2, 0) is 11.3 Å². The topological polar surface area (TPSA) is 67.3 Å². The fourth-order valence-electron chi connectivity index (χ4n) is 3.64. The molecule has 3 heterocycles. The van der Waals surface area contributed by atoms with E-state index in [4.69, 9.17) is 4.74 Å². The molecule has 0 bridgehead atoms. The van der Waals surface area contributed by atoms with E-state index in [1.165, 1.54) is 5.69 Å². The lowest BCUT2D eigenvalue weighted by molar-refractivity contribution is 0.0525. The third-order valence-electron chi connectivity index (χ3n) is 5.01. The molecule has 6 heteroatoms. The van der Waals surface area contributed by atoms with Crippen LogP contribution in [0.4, 0.5) is 0 Å². The van der Waals surface area contributed by atoms with Gasteiger partial charge in [-0.05, 0) is 45.4 Å². The lowest BCUT2D eigenvalue weighted by Crippen LogP contribution is -2.39. The lowest BCUT2D eigenvalue weighted by atomic mass is 10.1. The zero-order valence-corrected chi connectivity index (χ0v) is 15.3. The van der Waals surface area contributed by atoms with Crippen molar-refractivity contribution in [1.29, 1.82) is 0 Å². The highest BCUT2D eigenvalue weighted by molar-refractivity contribution is 6.02. The minimum atomic E-state index is -0.378. The van der Waals surface area contributed by atoms with Crippen molar-refractivity contribution in [2.45, 2.75) is 40.3 Å². The molecule has 134 valence electrons. The first-order valence-corrected chi connectivity index (χ1v) is 8.72. The summed E-state index contributed by atoms with van der Waals surface area (Å²) in [5.74, 6) is -0.375. The molecule has 0 amide bonds. The Bertz CT molecular complexity index is 803. The number of esters is 1. The van der Waals surface area contributed by atoms with Crippen molar-refractivity contribution in [2.75, 3.05) is 19.7 Å². The Hall–Kier alpha value is -2.34. The molecule has 0 radical (unpaired) electrons. The van der Waals surface area contributed by atoms with Gasteiger partial charge in [-0.3, -0.25) is 9.69 Å². The Morgan fingerprint density at radius 3 is 2.80 bits per heavy atom. The van der Waals surface area contributed by atoms with Crippen LogP contribution >= 0.6 is 0 Å². The maximum atomic E-state index is 12.8. The van der Waals surface area contributed by atoms with Crippen LogP contribution in [-0.4, -0.2) is 45.9 Å². The zero-order valence-electron chi connectivity index (χ0n) is 15.3. The van der Waals surface area contributed by atoms with Gasteiger partial charge in [0.1, 0.15) is 0 Å². The van der Waals surface area contributed by atoms with Gasteiger partial charge in [-0.15, -0.1) is 0 Å². The molecule has 0 saturated carbocycles. The average Bonchev–Trinajstić information content (AvgIpc) is 3.15. The Morgan fingerprint density at radius 2 is 2.08 bits per heavy atom. The summed E-state index contributed by atoms with van der Waals surface area (Å²) in [5, 5.41) is 0. The third kappa shape index (κ3) is 3.14. The minimum Gasteiger partial charge on any atom is -0.462 e. The molecule has 1 aliphatic rings. The zero-order chi connectivity index (χ0) is 18.1. The first kappa shape index (κ1) is 17.5. The number of hydrogen-bond acceptors (Lipinski definition) is 4. The van der Waals surface area contributed by atoms with Crippen LogP contribution in [0.25, 0.3) is 0 Å². The SMILES string of the molecule is CCOC(=O)c1c(C)[nH]c(C(=O)CN2CCn3cccc3[C@@H]2C)c1C. The fraction of sp³-hybridized carbons (Fsp3) is 0.474. The number of nitrogens with zero attached hydrogens (tertiary/aromatic N) is 2. The van der Waals surface area contributed by atoms with Gasteiger partial charge in [-0.2, -0.15) is 0 Å². The van der Waals surface area contributed by atoms with Crippen molar-refractivity contribution in [3.63, 3.8) is 0 Å². The summed E-state index contributed by atoms with van der Waals surface area (Å²) in [6.45, 7) is 9.85. The van der Waals surface area contributed by atoms with Gasteiger partial charge in [0.15, 0.2) is 5.78 Å². The van der Waals surface area contributed by atoms with Crippen LogP contribution in [0.3, 0.4) is 0 Å². The largest absolute Gasteiger partial charge is 0.462 e. The maximum Gasteiger partial charge on any atom is 0.340 e. The number of hydrogen-bond donors (Lipinski definition) is 1. The molecule has 1 atom stereocenters. The molecular formula is C19H25N3O3. The van der Waals surface area contributed by atoms with Crippen LogP contribution in [0.15, 0.2) is 18.3 Å². The Kier molecular flexibility index (Phi) is 4.81. The van der Waals surface area contributed by atoms with Crippen LogP contribution < -0.4 is 0 Å². The molecule has 0 fully saturated rings. The minimum absolute atomic E-state index is 0.00278. The monoisotopic (exact) mass is 343 g/mol. The van der Waals surface area contributed by atoms with E-state index in [1.54, 1.807) is 20.8 Å². The third-order valence-corrected chi connectivity index (χ3v) is 5.01. The summed E-state index contributed by atoms with van der Waals surface area (Å²) in [6, 6.07) is 4.33. The highest BCUT2D eigenvalue weighted by Crippen LogP contribution is 2.26. The van der Waals surface area contributed by atoms with Crippen LogP contribution in [0.2, 0.25) is 0 Å². The van der Waals surface area contributed by atoms with Gasteiger partial charge in [0.25, 0.3) is 0 Å². The van der Waals surface area contributed by atoms with Gasteiger partial charge in [0.05, 0.1) is 24.4 Å². The summed E-state index contributed by atoms with van der Waals surface area (Å²) >= 11 is 0. The van der Waals surface area contributed by atoms with E-state index >= 15 is 0 Å². The molecule has 0 aromatic carbocycles. The Balaban J connectivity index is 1.78. The fourth-order valence-corrected chi connectivity index (χ4v) is 3.64. The van der Waals surface area contributed by atoms with E-state index in [2.05, 4.69) is 33.6 Å². The molecule has 25 heavy (non-hydrogen) atoms. The number of fused-ring (bicyclic) bond motifs is 1. The number of rotatable bonds is 5. The molecule has 2 aromatic heterocycles. The van der Waals surface area contributed by atoms with E-state index in [0.29, 0.717) is 35.7 Å². The van der Waals surface area contributed by atoms with Crippen molar-refractivity contribution >= 4 is 11.8 Å². The van der Waals surface area contributed by atoms with Gasteiger partial charge in [0.2, 0.25) is 0 Å². The van der Waals surface area contributed by atoms with Gasteiger partial charge < -0.3 is 14.3 Å². The van der Waals surface area contributed by atoms with E-state index in [9.17, 15) is 9.59 Å². The van der Waals surface area contributed by atoms with Crippen LogP contribution in [0, 0.1) is 13.8 Å². The molecular weight excluding hydrogens is 318 g/mol. The molecule has 3 rings (SSSR count). The molecule has 0 spiro atoms. The Morgan fingerprint density at radius 1 is 1.32 bits per heavy atom. The van der Waals surface area contributed by atoms with Crippen molar-refractivity contribution in [3.8, 4) is 0 Å². The van der Waals surface area contributed by atoms with Crippen LogP contribution in [0.1, 0.15) is 57.7 Å². The number of aromatic amines is 1. The van der Waals surface area contributed by atoms with Gasteiger partial charge in [-0.1, -0.05) is 0 Å². The predicted molar refractivity (Wildman–Crippen MR) is 95.0 cm³/mol. The van der Waals surface area contributed by atoms with Gasteiger partial charge in [-0.25, -0.2) is 4.79 Å². The molecule has 0 aliphatic carbocycles. The van der Waals surface area contributed by atoms with Gasteiger partial charge in [0, 0.05) is 36.7 Å². The molecule has 0 unspecified atom stereocenters. The highest BCUT2D eigenvalue weighted by atomic mass is 16.5. The summed E-state index contributed by atoms with van der Waals surface area (Å²) < 4.78 is 7.33. The first-order chi connectivity index (χ1) is 11.9. The summed E-state index contributed by atoms with van der Waals surface area (Å²) in [6.07, 6.45) is 2.08. The molecule has 1 aliphatic heterocycles. The standard InChI is InChI=1S/C19H25N3O3/c1-5-25-19(24)17-12(2)18(20-13(17)3)16(23)11-22-10-9-21-8-6-7-15(21)14(22)4/h6-8,14,20H,5,9-11H2,1-4H3/t14-/m0/s1. The van der Waals surface area contributed by atoms with E-state index in [0.717, 1.165) is 13.1 Å². The highest BCUT2D eigenvalue weighted by Gasteiger charge is 2.28. The second kappa shape index (κ2) is 6.88. The number of ketones is 1. The van der Waals surface area contributed by atoms with Gasteiger partial charge >= 0.3 is 5.97 Å². The summed E-state index contributed by atoms with van der Waals surface area (Å²) in [7, 11) is 0. The normalized spacial score (nSPS) is 17.4. The number of aryl methyl sites for hydroxylation is 1. The number of aromatic nitrogens is 2. The quantitative estimate of drug-likeness (QED) is 0.670. The van der Waals surface area contributed by atoms with E-state index < -0.39 is 0 Å². The number of carbonyl (C=O) groups is 2. The van der Waals surface area contributed by atoms with E-state index in [1.807, 2.05) is 6.07 Å². The molecule has 0 saturated heterocycles. The summed E-state index contributed by atoms with van der Waals surface area (Å²) in [4.78, 5) is 30.2. The van der Waals surface area contributed by atoms with Crippen molar-refractivity contribution in [3.05, 3.63) is 46.5 Å². The van der Waals surface area contributed by atoms with Crippen LogP contribution in [0.5, 0.6) is 0 Å². The average molecular weight is 343 g/mol. The maximum absolute atomic E-state index is 12.8. The first-order valence-electron chi connectivity index (χ1n) is 8.72. The molecule has 6 nitrogen and oxygen atoms in total. The second-order valence-corrected chi connectivity index (χ2v) is 6.54. The van der Waals surface area contributed by atoms with Crippen molar-refractivity contribution < 1.29 is 14.3 Å². The number of Topliss-reactive ketones (excluding diaryl/α,β-unsaturated/α-hetero) is 1. The van der Waals surface area contributed by atoms with Crippen molar-refractivity contribution in [2.24, 2.45) is 0 Å². The lowest BCUT2D eigenvalue weighted by Gasteiger charge is -2.34. The molecule has 2 aromatic rings. The van der Waals surface area contributed by atoms with E-state index in [-0.39, 0.29) is 17.8 Å². The summed E-state index contributed by atoms with van der Waals surface area (Å²) in [5.41, 5.74) is 3.57. The number of nitrogens with one attached hydrogen (secondary N) is 1. The Labute approximate surface area is 147 Å². The molecule has 1 N–H and O–H groups in total. The predicted octanol–water partition coefficient (Wildman–Crippen LogP) is 2.87.